The van der Waals surface area contributed by atoms with Crippen LogP contribution in [0.15, 0.2) is 83.8 Å². The smallest absolute Gasteiger partial charge is 0.258 e. The van der Waals surface area contributed by atoms with Crippen LogP contribution in [0.3, 0.4) is 0 Å². The van der Waals surface area contributed by atoms with E-state index in [1.807, 2.05) is 18.2 Å². The Hall–Kier alpha value is -3.42. The third-order valence-corrected chi connectivity index (χ3v) is 6.15. The first-order valence-corrected chi connectivity index (χ1v) is 11.0. The molecule has 0 bridgehead atoms. The zero-order chi connectivity index (χ0) is 22.8. The van der Waals surface area contributed by atoms with Gasteiger partial charge in [0.25, 0.3) is 5.56 Å². The van der Waals surface area contributed by atoms with E-state index in [4.69, 9.17) is 0 Å². The fraction of sp³-hybridized carbons (Fsp3) is 0.231. The van der Waals surface area contributed by atoms with Gasteiger partial charge in [0.1, 0.15) is 17.3 Å². The van der Waals surface area contributed by atoms with Crippen molar-refractivity contribution in [1.82, 2.24) is 19.2 Å². The van der Waals surface area contributed by atoms with Gasteiger partial charge in [0.15, 0.2) is 0 Å². The summed E-state index contributed by atoms with van der Waals surface area (Å²) in [5.41, 5.74) is 3.27. The van der Waals surface area contributed by atoms with Gasteiger partial charge in [0.2, 0.25) is 0 Å². The van der Waals surface area contributed by atoms with Crippen molar-refractivity contribution in [3.05, 3.63) is 118 Å². The fourth-order valence-electron chi connectivity index (χ4n) is 4.50. The highest BCUT2D eigenvalue weighted by molar-refractivity contribution is 5.38. The minimum Gasteiger partial charge on any atom is -0.295 e. The highest BCUT2D eigenvalue weighted by Crippen LogP contribution is 2.30. The second-order valence-electron chi connectivity index (χ2n) is 8.33. The normalized spacial score (nSPS) is 15.4. The Balaban J connectivity index is 1.33. The molecule has 0 radical (unpaired) electrons. The van der Waals surface area contributed by atoms with Gasteiger partial charge < -0.3 is 0 Å². The number of hydrogen-bond acceptors (Lipinski definition) is 4. The Morgan fingerprint density at radius 2 is 1.42 bits per heavy atom. The zero-order valence-electron chi connectivity index (χ0n) is 18.1. The molecule has 0 spiro atoms. The molecule has 2 aromatic heterocycles. The second kappa shape index (κ2) is 9.21. The maximum atomic E-state index is 13.5. The minimum absolute atomic E-state index is 0.0816. The predicted octanol–water partition coefficient (Wildman–Crippen LogP) is 3.88. The SMILES string of the molecule is O=c1cc(CN2CCN(C(c3ccc(F)cc3)c3ccc(F)cc3)CC2)nc2ccccn12. The van der Waals surface area contributed by atoms with E-state index >= 15 is 0 Å². The maximum absolute atomic E-state index is 13.5. The largest absolute Gasteiger partial charge is 0.295 e. The Labute approximate surface area is 190 Å². The van der Waals surface area contributed by atoms with Crippen LogP contribution in [0.2, 0.25) is 0 Å². The molecule has 7 heteroatoms. The molecule has 4 aromatic rings. The lowest BCUT2D eigenvalue weighted by Gasteiger charge is -2.39. The van der Waals surface area contributed by atoms with Gasteiger partial charge in [-0.2, -0.15) is 0 Å². The van der Waals surface area contributed by atoms with Crippen LogP contribution >= 0.6 is 0 Å². The number of aromatic nitrogens is 2. The molecule has 33 heavy (non-hydrogen) atoms. The summed E-state index contributed by atoms with van der Waals surface area (Å²) in [6, 6.07) is 20.1. The first kappa shape index (κ1) is 21.4. The second-order valence-corrected chi connectivity index (χ2v) is 8.33. The molecular weight excluding hydrogens is 422 g/mol. The first-order chi connectivity index (χ1) is 16.1. The molecule has 2 aromatic carbocycles. The van der Waals surface area contributed by atoms with Crippen LogP contribution in [0.1, 0.15) is 22.9 Å². The van der Waals surface area contributed by atoms with Crippen molar-refractivity contribution in [3.63, 3.8) is 0 Å². The number of fused-ring (bicyclic) bond motifs is 1. The Morgan fingerprint density at radius 3 is 2.03 bits per heavy atom. The van der Waals surface area contributed by atoms with E-state index in [0.29, 0.717) is 12.2 Å². The van der Waals surface area contributed by atoms with Crippen molar-refractivity contribution >= 4 is 5.65 Å². The number of benzene rings is 2. The van der Waals surface area contributed by atoms with Gasteiger partial charge in [-0.1, -0.05) is 30.3 Å². The number of rotatable bonds is 5. The molecule has 1 aliphatic heterocycles. The number of hydrogen-bond donors (Lipinski definition) is 0. The zero-order valence-corrected chi connectivity index (χ0v) is 18.1. The number of halogens is 2. The van der Waals surface area contributed by atoms with E-state index in [9.17, 15) is 13.6 Å². The van der Waals surface area contributed by atoms with Gasteiger partial charge in [0, 0.05) is 45.0 Å². The van der Waals surface area contributed by atoms with Crippen LogP contribution in [-0.4, -0.2) is 45.4 Å². The van der Waals surface area contributed by atoms with Crippen molar-refractivity contribution < 1.29 is 8.78 Å². The molecule has 5 rings (SSSR count). The number of piperazine rings is 1. The van der Waals surface area contributed by atoms with Crippen LogP contribution in [0.25, 0.3) is 5.65 Å². The summed E-state index contributed by atoms with van der Waals surface area (Å²) in [6.07, 6.45) is 1.72. The van der Waals surface area contributed by atoms with Gasteiger partial charge in [-0.05, 0) is 47.5 Å². The topological polar surface area (TPSA) is 40.9 Å². The van der Waals surface area contributed by atoms with E-state index in [-0.39, 0.29) is 23.2 Å². The van der Waals surface area contributed by atoms with Crippen LogP contribution in [0.4, 0.5) is 8.78 Å². The summed E-state index contributed by atoms with van der Waals surface area (Å²) < 4.78 is 28.6. The quantitative estimate of drug-likeness (QED) is 0.467. The van der Waals surface area contributed by atoms with E-state index in [2.05, 4.69) is 14.8 Å². The van der Waals surface area contributed by atoms with Crippen LogP contribution in [0, 0.1) is 11.6 Å². The molecule has 1 fully saturated rings. The summed E-state index contributed by atoms with van der Waals surface area (Å²) >= 11 is 0. The molecule has 1 saturated heterocycles. The van der Waals surface area contributed by atoms with Crippen LogP contribution in [-0.2, 0) is 6.54 Å². The molecular formula is C26H24F2N4O. The monoisotopic (exact) mass is 446 g/mol. The molecule has 0 atom stereocenters. The number of nitrogens with zero attached hydrogens (tertiary/aromatic N) is 4. The van der Waals surface area contributed by atoms with Crippen LogP contribution < -0.4 is 5.56 Å². The van der Waals surface area contributed by atoms with Gasteiger partial charge in [0.05, 0.1) is 11.7 Å². The summed E-state index contributed by atoms with van der Waals surface area (Å²) in [5, 5.41) is 0. The molecule has 168 valence electrons. The number of pyridine rings is 1. The van der Waals surface area contributed by atoms with Gasteiger partial charge >= 0.3 is 0 Å². The summed E-state index contributed by atoms with van der Waals surface area (Å²) in [6.45, 7) is 3.77. The third kappa shape index (κ3) is 4.69. The molecule has 0 unspecified atom stereocenters. The molecule has 0 saturated carbocycles. The molecule has 3 heterocycles. The molecule has 0 N–H and O–H groups in total. The lowest BCUT2D eigenvalue weighted by molar-refractivity contribution is 0.104. The van der Waals surface area contributed by atoms with Crippen molar-refractivity contribution in [2.75, 3.05) is 26.2 Å². The van der Waals surface area contributed by atoms with Crippen molar-refractivity contribution in [2.45, 2.75) is 12.6 Å². The average Bonchev–Trinajstić information content (AvgIpc) is 2.83. The predicted molar refractivity (Wildman–Crippen MR) is 123 cm³/mol. The Kier molecular flexibility index (Phi) is 5.98. The van der Waals surface area contributed by atoms with Crippen molar-refractivity contribution in [1.29, 1.82) is 0 Å². The maximum Gasteiger partial charge on any atom is 0.258 e. The molecule has 5 nitrogen and oxygen atoms in total. The molecule has 0 amide bonds. The standard InChI is InChI=1S/C26H24F2N4O/c27-21-8-4-19(5-9-21)26(20-6-10-22(28)11-7-20)31-15-13-30(14-16-31)18-23-17-25(33)32-12-2-1-3-24(32)29-23/h1-12,17,26H,13-16,18H2. The van der Waals surface area contributed by atoms with Gasteiger partial charge in [-0.15, -0.1) is 0 Å². The van der Waals surface area contributed by atoms with Gasteiger partial charge in [-0.25, -0.2) is 13.8 Å². The lowest BCUT2D eigenvalue weighted by Crippen LogP contribution is -2.47. The fourth-order valence-corrected chi connectivity index (χ4v) is 4.50. The highest BCUT2D eigenvalue weighted by atomic mass is 19.1. The Bertz CT molecular complexity index is 1250. The van der Waals surface area contributed by atoms with E-state index < -0.39 is 0 Å². The lowest BCUT2D eigenvalue weighted by atomic mass is 9.96. The summed E-state index contributed by atoms with van der Waals surface area (Å²) in [7, 11) is 0. The van der Waals surface area contributed by atoms with Gasteiger partial charge in [-0.3, -0.25) is 19.0 Å². The summed E-state index contributed by atoms with van der Waals surface area (Å²) in [5.74, 6) is -0.555. The first-order valence-electron chi connectivity index (χ1n) is 11.0. The minimum atomic E-state index is -0.278. The highest BCUT2D eigenvalue weighted by Gasteiger charge is 2.27. The van der Waals surface area contributed by atoms with Crippen LogP contribution in [0.5, 0.6) is 0 Å². The van der Waals surface area contributed by atoms with E-state index in [1.165, 1.54) is 28.7 Å². The molecule has 1 aliphatic rings. The van der Waals surface area contributed by atoms with E-state index in [0.717, 1.165) is 43.0 Å². The van der Waals surface area contributed by atoms with Crippen molar-refractivity contribution in [2.24, 2.45) is 0 Å². The van der Waals surface area contributed by atoms with Crippen molar-refractivity contribution in [3.8, 4) is 0 Å². The van der Waals surface area contributed by atoms with E-state index in [1.54, 1.807) is 36.5 Å². The third-order valence-electron chi connectivity index (χ3n) is 6.15. The molecule has 0 aliphatic carbocycles. The summed E-state index contributed by atoms with van der Waals surface area (Å²) in [4.78, 5) is 21.6. The average molecular weight is 447 g/mol. The Morgan fingerprint density at radius 1 is 0.818 bits per heavy atom.